The Kier molecular flexibility index (Phi) is 5.20. The highest BCUT2D eigenvalue weighted by Gasteiger charge is 2.20. The number of ether oxygens (including phenoxy) is 1. The number of morpholine rings is 1. The van der Waals surface area contributed by atoms with Crippen LogP contribution < -0.4 is 4.90 Å². The highest BCUT2D eigenvalue weighted by atomic mass is 16.5. The molecule has 0 amide bonds. The van der Waals surface area contributed by atoms with Gasteiger partial charge in [-0.1, -0.05) is 49.4 Å². The average Bonchev–Trinajstić information content (AvgIpc) is 3.13. The van der Waals surface area contributed by atoms with Crippen LogP contribution in [0.3, 0.4) is 0 Å². The molecule has 3 aromatic carbocycles. The van der Waals surface area contributed by atoms with E-state index in [1.54, 1.807) is 0 Å². The van der Waals surface area contributed by atoms with Gasteiger partial charge in [0.2, 0.25) is 0 Å². The molecular formula is C26H27N3O2. The molecule has 0 unspecified atom stereocenters. The van der Waals surface area contributed by atoms with Gasteiger partial charge in [-0.25, -0.2) is 4.98 Å². The van der Waals surface area contributed by atoms with Crippen molar-refractivity contribution in [2.75, 3.05) is 31.2 Å². The minimum atomic E-state index is 0.134. The van der Waals surface area contributed by atoms with Gasteiger partial charge in [0.05, 0.1) is 24.2 Å². The van der Waals surface area contributed by atoms with Gasteiger partial charge in [-0.3, -0.25) is 4.79 Å². The van der Waals surface area contributed by atoms with Crippen LogP contribution in [0.4, 0.5) is 5.69 Å². The molecule has 158 valence electrons. The first-order valence-electron chi connectivity index (χ1n) is 11.0. The van der Waals surface area contributed by atoms with E-state index in [0.717, 1.165) is 47.7 Å². The Morgan fingerprint density at radius 1 is 1.06 bits per heavy atom. The second-order valence-electron chi connectivity index (χ2n) is 8.12. The molecule has 5 nitrogen and oxygen atoms in total. The Bertz CT molecular complexity index is 1260. The highest BCUT2D eigenvalue weighted by Crippen LogP contribution is 2.30. The van der Waals surface area contributed by atoms with Crippen LogP contribution in [0.25, 0.3) is 21.8 Å². The number of ketones is 1. The molecule has 5 heteroatoms. The number of aryl methyl sites for hydroxylation is 1. The fraction of sp³-hybridized carbons (Fsp3) is 0.308. The molecule has 0 saturated carbocycles. The first-order valence-corrected chi connectivity index (χ1v) is 11.0. The van der Waals surface area contributed by atoms with Crippen molar-refractivity contribution < 1.29 is 9.53 Å². The van der Waals surface area contributed by atoms with E-state index in [4.69, 9.17) is 9.72 Å². The fourth-order valence-corrected chi connectivity index (χ4v) is 4.53. The van der Waals surface area contributed by atoms with Crippen molar-refractivity contribution >= 4 is 33.3 Å². The number of fused-ring (bicyclic) bond motifs is 2. The number of hydrogen-bond acceptors (Lipinski definition) is 4. The van der Waals surface area contributed by atoms with E-state index in [2.05, 4.69) is 58.0 Å². The van der Waals surface area contributed by atoms with Gasteiger partial charge in [-0.15, -0.1) is 0 Å². The van der Waals surface area contributed by atoms with Crippen LogP contribution in [0.5, 0.6) is 0 Å². The van der Waals surface area contributed by atoms with Crippen LogP contribution >= 0.6 is 0 Å². The molecule has 31 heavy (non-hydrogen) atoms. The van der Waals surface area contributed by atoms with Crippen molar-refractivity contribution in [3.8, 4) is 0 Å². The Morgan fingerprint density at radius 3 is 2.65 bits per heavy atom. The van der Waals surface area contributed by atoms with Gasteiger partial charge >= 0.3 is 0 Å². The molecule has 1 aliphatic rings. The maximum Gasteiger partial charge on any atom is 0.164 e. The molecule has 4 aromatic rings. The molecular weight excluding hydrogens is 386 g/mol. The van der Waals surface area contributed by atoms with E-state index in [1.165, 1.54) is 16.3 Å². The van der Waals surface area contributed by atoms with Gasteiger partial charge in [0.1, 0.15) is 5.82 Å². The molecule has 1 saturated heterocycles. The monoisotopic (exact) mass is 413 g/mol. The van der Waals surface area contributed by atoms with Crippen molar-refractivity contribution in [2.24, 2.45) is 0 Å². The lowest BCUT2D eigenvalue weighted by atomic mass is 10.0. The third kappa shape index (κ3) is 3.59. The van der Waals surface area contributed by atoms with E-state index in [0.29, 0.717) is 19.6 Å². The predicted molar refractivity (Wildman–Crippen MR) is 125 cm³/mol. The molecule has 0 spiro atoms. The number of Topliss-reactive ketones (excluding diaryl/α,β-unsaturated/α-hetero) is 1. The molecule has 0 atom stereocenters. The maximum absolute atomic E-state index is 12.8. The third-order valence-corrected chi connectivity index (χ3v) is 6.24. The van der Waals surface area contributed by atoms with Crippen molar-refractivity contribution in [1.29, 1.82) is 0 Å². The molecule has 5 rings (SSSR count). The number of imidazole rings is 1. The summed E-state index contributed by atoms with van der Waals surface area (Å²) in [7, 11) is 0. The van der Waals surface area contributed by atoms with Crippen LogP contribution in [0.1, 0.15) is 35.1 Å². The summed E-state index contributed by atoms with van der Waals surface area (Å²) in [5, 5.41) is 2.48. The second kappa shape index (κ2) is 8.16. The minimum absolute atomic E-state index is 0.134. The summed E-state index contributed by atoms with van der Waals surface area (Å²) in [5.41, 5.74) is 4.88. The molecule has 1 aliphatic heterocycles. The second-order valence-corrected chi connectivity index (χ2v) is 8.12. The molecule has 2 heterocycles. The summed E-state index contributed by atoms with van der Waals surface area (Å²) < 4.78 is 7.77. The molecule has 0 N–H and O–H groups in total. The topological polar surface area (TPSA) is 47.4 Å². The fourth-order valence-electron chi connectivity index (χ4n) is 4.53. The number of carbonyl (C=O) groups is 1. The Labute approximate surface area is 182 Å². The van der Waals surface area contributed by atoms with Crippen molar-refractivity contribution in [1.82, 2.24) is 9.55 Å². The van der Waals surface area contributed by atoms with Gasteiger partial charge in [0.25, 0.3) is 0 Å². The lowest BCUT2D eigenvalue weighted by molar-refractivity contribution is 0.0989. The van der Waals surface area contributed by atoms with E-state index >= 15 is 0 Å². The summed E-state index contributed by atoms with van der Waals surface area (Å²) in [5.74, 6) is 1.06. The van der Waals surface area contributed by atoms with E-state index in [9.17, 15) is 4.79 Å². The quantitative estimate of drug-likeness (QED) is 0.433. The zero-order chi connectivity index (χ0) is 21.4. The SMILES string of the molecule is CCC(=O)c1cc(N2CCOCC2)cc2c1nc(C)n2Cc1cccc2ccccc12. The third-order valence-electron chi connectivity index (χ3n) is 6.24. The summed E-state index contributed by atoms with van der Waals surface area (Å²) in [6.45, 7) is 7.75. The van der Waals surface area contributed by atoms with Crippen molar-refractivity contribution in [3.05, 3.63) is 71.5 Å². The van der Waals surface area contributed by atoms with E-state index in [-0.39, 0.29) is 5.78 Å². The van der Waals surface area contributed by atoms with Crippen LogP contribution in [0.15, 0.2) is 54.6 Å². The molecule has 1 fully saturated rings. The normalized spacial score (nSPS) is 14.5. The Balaban J connectivity index is 1.67. The number of carbonyl (C=O) groups excluding carboxylic acids is 1. The lowest BCUT2D eigenvalue weighted by Gasteiger charge is -2.29. The molecule has 1 aromatic heterocycles. The molecule has 0 aliphatic carbocycles. The summed E-state index contributed by atoms with van der Waals surface area (Å²) >= 11 is 0. The van der Waals surface area contributed by atoms with Crippen molar-refractivity contribution in [3.63, 3.8) is 0 Å². The van der Waals surface area contributed by atoms with Crippen LogP contribution in [0, 0.1) is 6.92 Å². The zero-order valence-electron chi connectivity index (χ0n) is 18.1. The first-order chi connectivity index (χ1) is 15.2. The Hall–Kier alpha value is -3.18. The maximum atomic E-state index is 12.8. The van der Waals surface area contributed by atoms with Gasteiger partial charge in [0.15, 0.2) is 5.78 Å². The van der Waals surface area contributed by atoms with E-state index < -0.39 is 0 Å². The minimum Gasteiger partial charge on any atom is -0.378 e. The van der Waals surface area contributed by atoms with Crippen LogP contribution in [-0.2, 0) is 11.3 Å². The number of nitrogens with zero attached hydrogens (tertiary/aromatic N) is 3. The number of hydrogen-bond donors (Lipinski definition) is 0. The standard InChI is InChI=1S/C26H27N3O2/c1-3-25(30)23-15-21(28-11-13-31-14-12-28)16-24-26(23)27-18(2)29(24)17-20-9-6-8-19-7-4-5-10-22(19)20/h4-10,15-16H,3,11-14,17H2,1-2H3. The molecule has 0 radical (unpaired) electrons. The molecule has 0 bridgehead atoms. The van der Waals surface area contributed by atoms with Crippen LogP contribution in [-0.4, -0.2) is 41.6 Å². The number of benzene rings is 3. The largest absolute Gasteiger partial charge is 0.378 e. The highest BCUT2D eigenvalue weighted by molar-refractivity contribution is 6.07. The van der Waals surface area contributed by atoms with Gasteiger partial charge in [0, 0.05) is 37.3 Å². The first kappa shape index (κ1) is 19.8. The van der Waals surface area contributed by atoms with Gasteiger partial charge in [-0.2, -0.15) is 0 Å². The Morgan fingerprint density at radius 2 is 1.84 bits per heavy atom. The van der Waals surface area contributed by atoms with Gasteiger partial charge < -0.3 is 14.2 Å². The zero-order valence-corrected chi connectivity index (χ0v) is 18.1. The van der Waals surface area contributed by atoms with Gasteiger partial charge in [-0.05, 0) is 35.4 Å². The number of rotatable bonds is 5. The smallest absolute Gasteiger partial charge is 0.164 e. The lowest BCUT2D eigenvalue weighted by Crippen LogP contribution is -2.36. The van der Waals surface area contributed by atoms with E-state index in [1.807, 2.05) is 19.9 Å². The summed E-state index contributed by atoms with van der Waals surface area (Å²) in [4.78, 5) is 20.0. The average molecular weight is 414 g/mol. The summed E-state index contributed by atoms with van der Waals surface area (Å²) in [6, 6.07) is 19.1. The predicted octanol–water partition coefficient (Wildman–Crippen LogP) is 4.98. The van der Waals surface area contributed by atoms with Crippen LogP contribution in [0.2, 0.25) is 0 Å². The number of anilines is 1. The number of aromatic nitrogens is 2. The van der Waals surface area contributed by atoms with Crippen molar-refractivity contribution in [2.45, 2.75) is 26.8 Å². The summed E-state index contributed by atoms with van der Waals surface area (Å²) in [6.07, 6.45) is 0.469.